The number of benzene rings is 2. The zero-order valence-corrected chi connectivity index (χ0v) is 18.2. The van der Waals surface area contributed by atoms with Gasteiger partial charge in [-0.15, -0.1) is 0 Å². The molecule has 8 nitrogen and oxygen atoms in total. The number of nitrogens with one attached hydrogen (secondary N) is 3. The maximum Gasteiger partial charge on any atom is 0.342 e. The molecule has 2 aromatic carbocycles. The van der Waals surface area contributed by atoms with Gasteiger partial charge in [-0.3, -0.25) is 4.79 Å². The number of fused-ring (bicyclic) bond motifs is 1. The molecule has 3 aromatic rings. The van der Waals surface area contributed by atoms with E-state index in [0.29, 0.717) is 22.3 Å². The molecule has 0 aliphatic rings. The lowest BCUT2D eigenvalue weighted by Gasteiger charge is -2.18. The van der Waals surface area contributed by atoms with Crippen molar-refractivity contribution < 1.29 is 19.4 Å². The molecule has 3 rings (SSSR count). The summed E-state index contributed by atoms with van der Waals surface area (Å²) in [6.45, 7) is 9.31. The number of rotatable bonds is 6. The van der Waals surface area contributed by atoms with Crippen molar-refractivity contribution in [3.8, 4) is 5.75 Å². The third-order valence-electron chi connectivity index (χ3n) is 5.11. The average molecular weight is 425 g/mol. The monoisotopic (exact) mass is 425 g/mol. The van der Waals surface area contributed by atoms with Crippen molar-refractivity contribution in [3.05, 3.63) is 57.5 Å². The van der Waals surface area contributed by atoms with Gasteiger partial charge in [-0.2, -0.15) is 0 Å². The molecule has 0 aliphatic carbocycles. The molecule has 1 atom stereocenters. The minimum Gasteiger partial charge on any atom is -0.507 e. The van der Waals surface area contributed by atoms with Crippen LogP contribution in [0.2, 0.25) is 0 Å². The first-order chi connectivity index (χ1) is 14.6. The molecule has 0 bridgehead atoms. The van der Waals surface area contributed by atoms with Crippen LogP contribution in [0.4, 0.5) is 5.69 Å². The van der Waals surface area contributed by atoms with E-state index in [9.17, 15) is 19.5 Å². The van der Waals surface area contributed by atoms with Gasteiger partial charge in [-0.25, -0.2) is 9.59 Å². The molecule has 0 unspecified atom stereocenters. The van der Waals surface area contributed by atoms with Gasteiger partial charge in [0.25, 0.3) is 5.91 Å². The first kappa shape index (κ1) is 22.1. The molecule has 4 N–H and O–H groups in total. The number of ether oxygens (including phenoxy) is 1. The zero-order valence-electron chi connectivity index (χ0n) is 18.2. The van der Waals surface area contributed by atoms with Crippen LogP contribution in [-0.4, -0.2) is 33.1 Å². The van der Waals surface area contributed by atoms with Crippen LogP contribution in [0.1, 0.15) is 67.9 Å². The van der Waals surface area contributed by atoms with Gasteiger partial charge in [0.15, 0.2) is 6.10 Å². The molecule has 1 aromatic heterocycles. The van der Waals surface area contributed by atoms with E-state index in [1.165, 1.54) is 6.92 Å². The molecule has 31 heavy (non-hydrogen) atoms. The number of aromatic nitrogens is 2. The number of aromatic amines is 2. The fraction of sp³-hybridized carbons (Fsp3) is 0.348. The number of hydrogen-bond acceptors (Lipinski definition) is 5. The van der Waals surface area contributed by atoms with E-state index in [2.05, 4.69) is 15.3 Å². The lowest BCUT2D eigenvalue weighted by Crippen LogP contribution is -2.30. The van der Waals surface area contributed by atoms with E-state index in [-0.39, 0.29) is 28.8 Å². The second-order valence-electron chi connectivity index (χ2n) is 8.19. The number of amides is 1. The van der Waals surface area contributed by atoms with Crippen LogP contribution in [0, 0.1) is 0 Å². The van der Waals surface area contributed by atoms with Gasteiger partial charge in [-0.05, 0) is 54.2 Å². The van der Waals surface area contributed by atoms with Crippen LogP contribution < -0.4 is 11.0 Å². The number of anilines is 1. The molecule has 0 spiro atoms. The average Bonchev–Trinajstić information content (AvgIpc) is 3.06. The maximum absolute atomic E-state index is 12.8. The predicted octanol–water partition coefficient (Wildman–Crippen LogP) is 3.99. The van der Waals surface area contributed by atoms with Crippen molar-refractivity contribution in [1.29, 1.82) is 0 Å². The van der Waals surface area contributed by atoms with Gasteiger partial charge < -0.3 is 25.1 Å². The number of H-pyrrole nitrogens is 2. The molecule has 8 heteroatoms. The maximum atomic E-state index is 12.8. The Bertz CT molecular complexity index is 1190. The molecule has 0 fully saturated rings. The first-order valence-corrected chi connectivity index (χ1v) is 10.2. The number of esters is 1. The Hall–Kier alpha value is -3.55. The second-order valence-corrected chi connectivity index (χ2v) is 8.19. The van der Waals surface area contributed by atoms with Crippen molar-refractivity contribution >= 4 is 28.6 Å². The number of phenols is 1. The van der Waals surface area contributed by atoms with E-state index in [1.807, 2.05) is 33.8 Å². The lowest BCUT2D eigenvalue weighted by molar-refractivity contribution is -0.123. The van der Waals surface area contributed by atoms with E-state index in [1.54, 1.807) is 24.3 Å². The van der Waals surface area contributed by atoms with E-state index in [0.717, 1.165) is 5.56 Å². The van der Waals surface area contributed by atoms with Crippen LogP contribution in [0.3, 0.4) is 0 Å². The highest BCUT2D eigenvalue weighted by molar-refractivity contribution is 5.99. The Morgan fingerprint density at radius 1 is 0.968 bits per heavy atom. The Balaban J connectivity index is 1.77. The summed E-state index contributed by atoms with van der Waals surface area (Å²) in [5.41, 5.74) is 2.87. The molecular formula is C23H27N3O5. The Morgan fingerprint density at radius 2 is 1.65 bits per heavy atom. The highest BCUT2D eigenvalue weighted by Gasteiger charge is 2.24. The smallest absolute Gasteiger partial charge is 0.342 e. The summed E-state index contributed by atoms with van der Waals surface area (Å²) in [6, 6.07) is 8.38. The van der Waals surface area contributed by atoms with Gasteiger partial charge in [-0.1, -0.05) is 33.8 Å². The van der Waals surface area contributed by atoms with Crippen LogP contribution in [0.15, 0.2) is 35.1 Å². The Morgan fingerprint density at radius 3 is 2.29 bits per heavy atom. The molecule has 0 aliphatic heterocycles. The molecule has 164 valence electrons. The highest BCUT2D eigenvalue weighted by Crippen LogP contribution is 2.33. The summed E-state index contributed by atoms with van der Waals surface area (Å²) in [4.78, 5) is 41.9. The van der Waals surface area contributed by atoms with Gasteiger partial charge in [0, 0.05) is 5.69 Å². The Labute approximate surface area is 179 Å². The predicted molar refractivity (Wildman–Crippen MR) is 119 cm³/mol. The lowest BCUT2D eigenvalue weighted by atomic mass is 9.92. The van der Waals surface area contributed by atoms with Crippen LogP contribution in [0.25, 0.3) is 11.0 Å². The van der Waals surface area contributed by atoms with Crippen molar-refractivity contribution in [3.63, 3.8) is 0 Å². The van der Waals surface area contributed by atoms with Gasteiger partial charge in [0.05, 0.1) is 11.0 Å². The third kappa shape index (κ3) is 4.79. The summed E-state index contributed by atoms with van der Waals surface area (Å²) >= 11 is 0. The van der Waals surface area contributed by atoms with Gasteiger partial charge in [0.2, 0.25) is 0 Å². The summed E-state index contributed by atoms with van der Waals surface area (Å²) in [5.74, 6) is -1.26. The summed E-state index contributed by atoms with van der Waals surface area (Å²) in [6.07, 6.45) is -1.10. The number of aromatic hydroxyl groups is 1. The largest absolute Gasteiger partial charge is 0.507 e. The normalized spacial score (nSPS) is 12.4. The van der Waals surface area contributed by atoms with Crippen LogP contribution in [0.5, 0.6) is 5.75 Å². The third-order valence-corrected chi connectivity index (χ3v) is 5.11. The molecule has 0 radical (unpaired) electrons. The number of carbonyl (C=O) groups is 2. The van der Waals surface area contributed by atoms with Crippen molar-refractivity contribution in [2.45, 2.75) is 52.6 Å². The molecule has 1 amide bonds. The van der Waals surface area contributed by atoms with Crippen molar-refractivity contribution in [2.24, 2.45) is 0 Å². The van der Waals surface area contributed by atoms with Crippen molar-refractivity contribution in [1.82, 2.24) is 9.97 Å². The summed E-state index contributed by atoms with van der Waals surface area (Å²) < 4.78 is 5.34. The summed E-state index contributed by atoms with van der Waals surface area (Å²) in [7, 11) is 0. The van der Waals surface area contributed by atoms with Crippen molar-refractivity contribution in [2.75, 3.05) is 5.32 Å². The topological polar surface area (TPSA) is 124 Å². The second kappa shape index (κ2) is 8.67. The number of hydrogen-bond donors (Lipinski definition) is 4. The van der Waals surface area contributed by atoms with E-state index in [4.69, 9.17) is 4.74 Å². The van der Waals surface area contributed by atoms with Gasteiger partial charge >= 0.3 is 11.7 Å². The zero-order chi connectivity index (χ0) is 22.9. The molecule has 0 saturated heterocycles. The molecule has 0 saturated carbocycles. The fourth-order valence-corrected chi connectivity index (χ4v) is 3.24. The Kier molecular flexibility index (Phi) is 6.19. The SMILES string of the molecule is CC(C)c1cc(C(=O)O[C@H](C)C(=O)Nc2ccc3[nH]c(=O)[nH]c3c2)c(O)c(C(C)C)c1. The van der Waals surface area contributed by atoms with E-state index < -0.39 is 18.0 Å². The minimum absolute atomic E-state index is 0.0146. The fourth-order valence-electron chi connectivity index (χ4n) is 3.24. The minimum atomic E-state index is -1.10. The highest BCUT2D eigenvalue weighted by atomic mass is 16.5. The van der Waals surface area contributed by atoms with Crippen LogP contribution >= 0.6 is 0 Å². The molecule has 1 heterocycles. The summed E-state index contributed by atoms with van der Waals surface area (Å²) in [5, 5.41) is 13.3. The molecular weight excluding hydrogens is 398 g/mol. The number of phenolic OH excluding ortho intramolecular Hbond substituents is 1. The quantitative estimate of drug-likeness (QED) is 0.445. The standard InChI is InChI=1S/C23H27N3O5/c1-11(2)14-8-16(12(3)4)20(27)17(9-14)22(29)31-13(5)21(28)24-15-6-7-18-19(10-15)26-23(30)25-18/h6-13,27H,1-5H3,(H,24,28)(H2,25,26,30)/t13-/m1/s1. The first-order valence-electron chi connectivity index (χ1n) is 10.2. The van der Waals surface area contributed by atoms with E-state index >= 15 is 0 Å². The number of carbonyl (C=O) groups excluding carboxylic acids is 2. The van der Waals surface area contributed by atoms with Gasteiger partial charge in [0.1, 0.15) is 11.3 Å². The van der Waals surface area contributed by atoms with Crippen LogP contribution in [-0.2, 0) is 9.53 Å². The number of imidazole rings is 1.